The fourth-order valence-electron chi connectivity index (χ4n) is 1.86. The minimum Gasteiger partial charge on any atom is -0.306 e. The Bertz CT molecular complexity index is 652. The third-order valence-electron chi connectivity index (χ3n) is 2.88. The average Bonchev–Trinajstić information content (AvgIpc) is 2.51. The highest BCUT2D eigenvalue weighted by molar-refractivity contribution is 6.33. The zero-order valence-corrected chi connectivity index (χ0v) is 12.0. The van der Waals surface area contributed by atoms with Crippen molar-refractivity contribution in [3.8, 4) is 6.07 Å². The van der Waals surface area contributed by atoms with E-state index in [-0.39, 0.29) is 12.5 Å². The Morgan fingerprint density at radius 2 is 1.81 bits per heavy atom. The van der Waals surface area contributed by atoms with Crippen LogP contribution in [0.25, 0.3) is 0 Å². The predicted octanol–water partition coefficient (Wildman–Crippen LogP) is 4.29. The van der Waals surface area contributed by atoms with Crippen molar-refractivity contribution in [2.75, 3.05) is 16.8 Å². The van der Waals surface area contributed by atoms with E-state index in [0.717, 1.165) is 5.69 Å². The van der Waals surface area contributed by atoms with Crippen LogP contribution in [0.3, 0.4) is 0 Å². The van der Waals surface area contributed by atoms with Crippen LogP contribution in [-0.2, 0) is 0 Å². The van der Waals surface area contributed by atoms with Crippen LogP contribution in [0.2, 0.25) is 5.02 Å². The summed E-state index contributed by atoms with van der Waals surface area (Å²) in [7, 11) is 0. The van der Waals surface area contributed by atoms with Crippen molar-refractivity contribution in [2.24, 2.45) is 0 Å². The largest absolute Gasteiger partial charge is 0.326 e. The molecule has 2 aromatic carbocycles. The predicted molar refractivity (Wildman–Crippen MR) is 84.5 cm³/mol. The van der Waals surface area contributed by atoms with Crippen LogP contribution in [0.1, 0.15) is 6.42 Å². The Balaban J connectivity index is 2.19. The molecule has 0 spiro atoms. The van der Waals surface area contributed by atoms with Gasteiger partial charge in [-0.3, -0.25) is 4.90 Å². The van der Waals surface area contributed by atoms with Gasteiger partial charge in [0.25, 0.3) is 0 Å². The first kappa shape index (κ1) is 14.9. The molecule has 0 unspecified atom stereocenters. The number of nitrogens with zero attached hydrogens (tertiary/aromatic N) is 2. The number of benzene rings is 2. The summed E-state index contributed by atoms with van der Waals surface area (Å²) in [5.41, 5.74) is 1.28. The van der Waals surface area contributed by atoms with Crippen molar-refractivity contribution in [2.45, 2.75) is 6.42 Å². The van der Waals surface area contributed by atoms with Crippen LogP contribution in [0.4, 0.5) is 16.2 Å². The second-order valence-electron chi connectivity index (χ2n) is 4.31. The number of anilines is 2. The van der Waals surface area contributed by atoms with Crippen LogP contribution in [0.5, 0.6) is 0 Å². The highest BCUT2D eigenvalue weighted by atomic mass is 35.5. The normalized spacial score (nSPS) is 9.71. The molecule has 0 radical (unpaired) electrons. The first-order valence-electron chi connectivity index (χ1n) is 6.47. The molecule has 0 bridgehead atoms. The molecular weight excluding hydrogens is 286 g/mol. The van der Waals surface area contributed by atoms with E-state index in [1.54, 1.807) is 24.3 Å². The van der Waals surface area contributed by atoms with Gasteiger partial charge in [-0.15, -0.1) is 0 Å². The molecule has 0 atom stereocenters. The topological polar surface area (TPSA) is 56.1 Å². The maximum atomic E-state index is 12.4. The monoisotopic (exact) mass is 299 g/mol. The number of urea groups is 1. The molecule has 4 nitrogen and oxygen atoms in total. The molecule has 1 N–H and O–H groups in total. The number of nitriles is 1. The maximum absolute atomic E-state index is 12.4. The third kappa shape index (κ3) is 3.98. The van der Waals surface area contributed by atoms with E-state index in [0.29, 0.717) is 17.3 Å². The molecule has 0 aliphatic rings. The van der Waals surface area contributed by atoms with Crippen LogP contribution in [0.15, 0.2) is 54.6 Å². The number of halogens is 1. The summed E-state index contributed by atoms with van der Waals surface area (Å²) in [6.45, 7) is 0.316. The summed E-state index contributed by atoms with van der Waals surface area (Å²) in [5, 5.41) is 12.0. The number of nitrogens with one attached hydrogen (secondary N) is 1. The van der Waals surface area contributed by atoms with Gasteiger partial charge >= 0.3 is 6.03 Å². The van der Waals surface area contributed by atoms with Crippen molar-refractivity contribution in [3.63, 3.8) is 0 Å². The lowest BCUT2D eigenvalue weighted by Crippen LogP contribution is -2.35. The summed E-state index contributed by atoms with van der Waals surface area (Å²) in [6.07, 6.45) is 0.255. The molecule has 0 saturated carbocycles. The van der Waals surface area contributed by atoms with E-state index in [1.165, 1.54) is 4.90 Å². The highest BCUT2D eigenvalue weighted by Crippen LogP contribution is 2.22. The fraction of sp³-hybridized carbons (Fsp3) is 0.125. The molecule has 0 aliphatic carbocycles. The summed E-state index contributed by atoms with van der Waals surface area (Å²) in [5.74, 6) is 0. The van der Waals surface area contributed by atoms with Crippen LogP contribution < -0.4 is 10.2 Å². The van der Waals surface area contributed by atoms with Crippen molar-refractivity contribution in [1.29, 1.82) is 5.26 Å². The van der Waals surface area contributed by atoms with Gasteiger partial charge in [-0.1, -0.05) is 41.9 Å². The first-order chi connectivity index (χ1) is 10.2. The van der Waals surface area contributed by atoms with E-state index in [2.05, 4.69) is 11.4 Å². The third-order valence-corrected chi connectivity index (χ3v) is 3.21. The zero-order valence-electron chi connectivity index (χ0n) is 11.3. The average molecular weight is 300 g/mol. The summed E-state index contributed by atoms with van der Waals surface area (Å²) in [6, 6.07) is 18.0. The summed E-state index contributed by atoms with van der Waals surface area (Å²) >= 11 is 6.04. The maximum Gasteiger partial charge on any atom is 0.326 e. The Kier molecular flexibility index (Phi) is 5.19. The molecule has 2 aromatic rings. The first-order valence-corrected chi connectivity index (χ1v) is 6.85. The van der Waals surface area contributed by atoms with E-state index in [4.69, 9.17) is 16.9 Å². The Hall–Kier alpha value is -2.51. The number of carbonyl (C=O) groups excluding carboxylic acids is 1. The number of para-hydroxylation sites is 2. The molecule has 2 amide bonds. The summed E-state index contributed by atoms with van der Waals surface area (Å²) < 4.78 is 0. The van der Waals surface area contributed by atoms with Crippen molar-refractivity contribution < 1.29 is 4.79 Å². The van der Waals surface area contributed by atoms with E-state index < -0.39 is 0 Å². The molecule has 5 heteroatoms. The Morgan fingerprint density at radius 3 is 2.48 bits per heavy atom. The summed E-state index contributed by atoms with van der Waals surface area (Å²) in [4.78, 5) is 13.9. The van der Waals surface area contributed by atoms with E-state index in [1.807, 2.05) is 30.3 Å². The van der Waals surface area contributed by atoms with Gasteiger partial charge in [0.15, 0.2) is 0 Å². The Morgan fingerprint density at radius 1 is 1.14 bits per heavy atom. The quantitative estimate of drug-likeness (QED) is 0.915. The van der Waals surface area contributed by atoms with Crippen LogP contribution in [0, 0.1) is 11.3 Å². The minimum absolute atomic E-state index is 0.255. The van der Waals surface area contributed by atoms with E-state index in [9.17, 15) is 4.79 Å². The number of amides is 2. The molecule has 21 heavy (non-hydrogen) atoms. The SMILES string of the molecule is N#CCCN(C(=O)Nc1ccccc1Cl)c1ccccc1. The van der Waals surface area contributed by atoms with Gasteiger partial charge in [0, 0.05) is 12.2 Å². The van der Waals surface area contributed by atoms with Crippen molar-refractivity contribution in [1.82, 2.24) is 0 Å². The van der Waals surface area contributed by atoms with Gasteiger partial charge in [-0.25, -0.2) is 4.79 Å². The zero-order chi connectivity index (χ0) is 15.1. The number of hydrogen-bond acceptors (Lipinski definition) is 2. The molecule has 0 saturated heterocycles. The van der Waals surface area contributed by atoms with Gasteiger partial charge in [-0.2, -0.15) is 5.26 Å². The number of hydrogen-bond donors (Lipinski definition) is 1. The smallest absolute Gasteiger partial charge is 0.306 e. The molecule has 0 aliphatic heterocycles. The fourth-order valence-corrected chi connectivity index (χ4v) is 2.05. The van der Waals surface area contributed by atoms with Crippen LogP contribution in [-0.4, -0.2) is 12.6 Å². The lowest BCUT2D eigenvalue weighted by atomic mass is 10.2. The number of carbonyl (C=O) groups is 1. The molecule has 0 heterocycles. The molecule has 106 valence electrons. The highest BCUT2D eigenvalue weighted by Gasteiger charge is 2.16. The molecular formula is C16H14ClN3O. The second kappa shape index (κ2) is 7.32. The van der Waals surface area contributed by atoms with Gasteiger partial charge in [0.2, 0.25) is 0 Å². The second-order valence-corrected chi connectivity index (χ2v) is 4.71. The Labute approximate surface area is 128 Å². The van der Waals surface area contributed by atoms with Gasteiger partial charge in [0.1, 0.15) is 0 Å². The standard InChI is InChI=1S/C16H14ClN3O/c17-14-9-4-5-10-15(14)19-16(21)20(12-6-11-18)13-7-2-1-3-8-13/h1-5,7-10H,6,12H2,(H,19,21). The molecule has 0 aromatic heterocycles. The molecule has 2 rings (SSSR count). The van der Waals surface area contributed by atoms with E-state index >= 15 is 0 Å². The lowest BCUT2D eigenvalue weighted by molar-refractivity contribution is 0.257. The van der Waals surface area contributed by atoms with Crippen molar-refractivity contribution in [3.05, 3.63) is 59.6 Å². The van der Waals surface area contributed by atoms with Gasteiger partial charge < -0.3 is 5.32 Å². The van der Waals surface area contributed by atoms with Gasteiger partial charge in [0.05, 0.1) is 23.2 Å². The van der Waals surface area contributed by atoms with Crippen molar-refractivity contribution >= 4 is 29.0 Å². The number of rotatable bonds is 4. The van der Waals surface area contributed by atoms with Crippen LogP contribution >= 0.6 is 11.6 Å². The van der Waals surface area contributed by atoms with Gasteiger partial charge in [-0.05, 0) is 24.3 Å². The minimum atomic E-state index is -0.315. The molecule has 0 fully saturated rings. The lowest BCUT2D eigenvalue weighted by Gasteiger charge is -2.22.